The van der Waals surface area contributed by atoms with Crippen LogP contribution in [0.1, 0.15) is 5.56 Å². The Kier molecular flexibility index (Phi) is 3.80. The van der Waals surface area contributed by atoms with E-state index in [9.17, 15) is 22.7 Å². The van der Waals surface area contributed by atoms with Crippen LogP contribution < -0.4 is 0 Å². The molecule has 2 aliphatic rings. The molecular formula is C14H8ClF4N3O2. The Bertz CT molecular complexity index is 800. The van der Waals surface area contributed by atoms with E-state index in [2.05, 4.69) is 4.99 Å². The molecule has 2 aliphatic heterocycles. The molecule has 1 saturated heterocycles. The topological polar surface area (TPSA) is 68.8 Å². The fourth-order valence-electron chi connectivity index (χ4n) is 2.50. The summed E-state index contributed by atoms with van der Waals surface area (Å²) < 4.78 is 58.1. The molecule has 1 aromatic carbocycles. The molecule has 1 N–H and O–H groups in total. The second kappa shape index (κ2) is 5.56. The number of aliphatic imine (C=N–C) groups is 1. The van der Waals surface area contributed by atoms with Crippen LogP contribution in [-0.4, -0.2) is 40.9 Å². The van der Waals surface area contributed by atoms with Crippen LogP contribution in [0, 0.1) is 17.1 Å². The molecule has 0 bridgehead atoms. The molecule has 0 unspecified atom stereocenters. The van der Waals surface area contributed by atoms with Crippen molar-refractivity contribution in [3.8, 4) is 6.07 Å². The average molecular weight is 362 g/mol. The van der Waals surface area contributed by atoms with Gasteiger partial charge in [0.15, 0.2) is 5.82 Å². The Morgan fingerprint density at radius 2 is 2.12 bits per heavy atom. The summed E-state index contributed by atoms with van der Waals surface area (Å²) in [6.45, 7) is -0.0620. The summed E-state index contributed by atoms with van der Waals surface area (Å²) in [6, 6.07) is 2.03. The van der Waals surface area contributed by atoms with E-state index in [-0.39, 0.29) is 17.8 Å². The molecule has 0 spiro atoms. The molecule has 24 heavy (non-hydrogen) atoms. The van der Waals surface area contributed by atoms with Crippen LogP contribution in [0.5, 0.6) is 0 Å². The van der Waals surface area contributed by atoms with Crippen molar-refractivity contribution >= 4 is 23.3 Å². The molecule has 1 fully saturated rings. The van der Waals surface area contributed by atoms with E-state index < -0.39 is 40.9 Å². The molecule has 0 aromatic heterocycles. The van der Waals surface area contributed by atoms with Crippen molar-refractivity contribution in [1.29, 1.82) is 5.26 Å². The minimum Gasteiger partial charge on any atom is -0.510 e. The van der Waals surface area contributed by atoms with Gasteiger partial charge in [0, 0.05) is 6.54 Å². The van der Waals surface area contributed by atoms with Gasteiger partial charge in [-0.15, -0.1) is 0 Å². The van der Waals surface area contributed by atoms with Gasteiger partial charge < -0.3 is 14.7 Å². The van der Waals surface area contributed by atoms with E-state index in [1.54, 1.807) is 6.07 Å². The van der Waals surface area contributed by atoms with E-state index in [0.29, 0.717) is 0 Å². The third-order valence-electron chi connectivity index (χ3n) is 3.62. The highest BCUT2D eigenvalue weighted by molar-refractivity contribution is 6.32. The predicted molar refractivity (Wildman–Crippen MR) is 75.4 cm³/mol. The Balaban J connectivity index is 2.01. The number of benzene rings is 1. The number of fused-ring (bicyclic) bond motifs is 1. The van der Waals surface area contributed by atoms with Crippen molar-refractivity contribution in [2.45, 2.75) is 18.3 Å². The molecule has 2 atom stereocenters. The van der Waals surface area contributed by atoms with Crippen molar-refractivity contribution in [3.63, 3.8) is 0 Å². The van der Waals surface area contributed by atoms with Crippen LogP contribution in [0.25, 0.3) is 0 Å². The number of aliphatic hydroxyl groups is 1. The summed E-state index contributed by atoms with van der Waals surface area (Å²) in [4.78, 5) is 4.81. The molecule has 0 radical (unpaired) electrons. The maximum Gasteiger partial charge on any atom is 0.428 e. The fraction of sp³-hybridized carbons (Fsp3) is 0.286. The second-order valence-corrected chi connectivity index (χ2v) is 5.45. The van der Waals surface area contributed by atoms with Gasteiger partial charge in [-0.1, -0.05) is 11.6 Å². The molecule has 5 nitrogen and oxygen atoms in total. The Hall–Kier alpha value is -2.47. The van der Waals surface area contributed by atoms with E-state index in [1.807, 2.05) is 0 Å². The number of hydrogen-bond acceptors (Lipinski definition) is 4. The molecule has 126 valence electrons. The zero-order chi connectivity index (χ0) is 17.6. The van der Waals surface area contributed by atoms with Crippen LogP contribution in [0.4, 0.5) is 23.2 Å². The summed E-state index contributed by atoms with van der Waals surface area (Å²) in [5.41, 5.74) is -0.501. The first kappa shape index (κ1) is 16.4. The van der Waals surface area contributed by atoms with Gasteiger partial charge in [0.1, 0.15) is 23.6 Å². The third-order valence-corrected chi connectivity index (χ3v) is 3.99. The number of aliphatic hydroxyl groups excluding tert-OH is 1. The summed E-state index contributed by atoms with van der Waals surface area (Å²) in [5, 5.41) is 17.9. The van der Waals surface area contributed by atoms with Crippen molar-refractivity contribution in [3.05, 3.63) is 40.4 Å². The largest absolute Gasteiger partial charge is 0.510 e. The highest BCUT2D eigenvalue weighted by Gasteiger charge is 2.58. The quantitative estimate of drug-likeness (QED) is 0.778. The molecule has 3 rings (SSSR count). The summed E-state index contributed by atoms with van der Waals surface area (Å²) in [5.74, 6) is -1.53. The van der Waals surface area contributed by atoms with Gasteiger partial charge in [-0.25, -0.2) is 4.39 Å². The molecule has 0 saturated carbocycles. The van der Waals surface area contributed by atoms with Crippen LogP contribution in [0.15, 0.2) is 29.0 Å². The minimum absolute atomic E-state index is 0.0620. The SMILES string of the molecule is N#Cc1ccc(N=C2O[C@@H](C(F)(F)F)[C@H]3C(O)=CCN23)c(F)c1Cl. The number of nitrogens with zero attached hydrogens (tertiary/aromatic N) is 3. The van der Waals surface area contributed by atoms with Gasteiger partial charge in [-0.3, -0.25) is 0 Å². The molecule has 2 heterocycles. The Morgan fingerprint density at radius 1 is 1.42 bits per heavy atom. The van der Waals surface area contributed by atoms with E-state index in [0.717, 1.165) is 11.0 Å². The number of halogens is 5. The van der Waals surface area contributed by atoms with Crippen molar-refractivity contribution in [1.82, 2.24) is 4.90 Å². The lowest BCUT2D eigenvalue weighted by Crippen LogP contribution is -2.41. The summed E-state index contributed by atoms with van der Waals surface area (Å²) in [7, 11) is 0. The zero-order valence-corrected chi connectivity index (χ0v) is 12.4. The van der Waals surface area contributed by atoms with Crippen LogP contribution in [-0.2, 0) is 4.74 Å². The van der Waals surface area contributed by atoms with E-state index in [1.165, 1.54) is 12.1 Å². The minimum atomic E-state index is -4.74. The molecule has 0 aliphatic carbocycles. The van der Waals surface area contributed by atoms with E-state index in [4.69, 9.17) is 21.6 Å². The number of hydrogen-bond donors (Lipinski definition) is 1. The third kappa shape index (κ3) is 2.53. The fourth-order valence-corrected chi connectivity index (χ4v) is 2.70. The predicted octanol–water partition coefficient (Wildman–Crippen LogP) is 3.43. The monoisotopic (exact) mass is 361 g/mol. The summed E-state index contributed by atoms with van der Waals surface area (Å²) in [6.07, 6.45) is -5.86. The highest BCUT2D eigenvalue weighted by Crippen LogP contribution is 2.39. The number of ether oxygens (including phenoxy) is 1. The number of alkyl halides is 3. The molecule has 10 heteroatoms. The van der Waals surface area contributed by atoms with Gasteiger partial charge in [0.05, 0.1) is 10.6 Å². The first-order valence-electron chi connectivity index (χ1n) is 6.60. The van der Waals surface area contributed by atoms with Crippen LogP contribution in [0.2, 0.25) is 5.02 Å². The smallest absolute Gasteiger partial charge is 0.428 e. The van der Waals surface area contributed by atoms with Gasteiger partial charge in [0.2, 0.25) is 6.10 Å². The van der Waals surface area contributed by atoms with E-state index >= 15 is 0 Å². The highest BCUT2D eigenvalue weighted by atomic mass is 35.5. The van der Waals surface area contributed by atoms with Crippen molar-refractivity contribution in [2.24, 2.45) is 4.99 Å². The summed E-state index contributed by atoms with van der Waals surface area (Å²) >= 11 is 5.67. The maximum absolute atomic E-state index is 14.1. The van der Waals surface area contributed by atoms with Crippen molar-refractivity contribution in [2.75, 3.05) is 6.54 Å². The maximum atomic E-state index is 14.1. The Morgan fingerprint density at radius 3 is 2.75 bits per heavy atom. The van der Waals surface area contributed by atoms with Gasteiger partial charge in [-0.05, 0) is 18.2 Å². The molecular weight excluding hydrogens is 354 g/mol. The van der Waals surface area contributed by atoms with Gasteiger partial charge >= 0.3 is 6.18 Å². The lowest BCUT2D eigenvalue weighted by atomic mass is 10.1. The Labute approximate surface area is 138 Å². The number of rotatable bonds is 1. The lowest BCUT2D eigenvalue weighted by molar-refractivity contribution is -0.197. The lowest BCUT2D eigenvalue weighted by Gasteiger charge is -2.19. The normalized spacial score (nSPS) is 24.6. The second-order valence-electron chi connectivity index (χ2n) is 5.07. The van der Waals surface area contributed by atoms with Crippen LogP contribution in [0.3, 0.4) is 0 Å². The van der Waals surface area contributed by atoms with Crippen LogP contribution >= 0.6 is 11.6 Å². The zero-order valence-electron chi connectivity index (χ0n) is 11.7. The molecule has 1 aromatic rings. The van der Waals surface area contributed by atoms with Gasteiger partial charge in [-0.2, -0.15) is 23.4 Å². The molecule has 0 amide bonds. The first-order chi connectivity index (χ1) is 11.2. The van der Waals surface area contributed by atoms with Crippen molar-refractivity contribution < 1.29 is 27.4 Å². The first-order valence-corrected chi connectivity index (χ1v) is 6.97. The number of amidine groups is 1. The standard InChI is InChI=1S/C14H8ClF4N3O2/c15-9-6(5-20)1-2-7(10(9)16)21-13-22-4-3-8(23)11(22)12(24-13)14(17,18)19/h1-3,11-12,23H,4H2/t11-,12-/m1/s1. The van der Waals surface area contributed by atoms with Gasteiger partial charge in [0.25, 0.3) is 6.02 Å². The number of nitriles is 1. The average Bonchev–Trinajstić information content (AvgIpc) is 3.06.